The third-order valence-corrected chi connectivity index (χ3v) is 6.26. The van der Waals surface area contributed by atoms with Gasteiger partial charge in [0.25, 0.3) is 5.91 Å². The second-order valence-corrected chi connectivity index (χ2v) is 8.68. The van der Waals surface area contributed by atoms with Gasteiger partial charge in [-0.15, -0.1) is 0 Å². The average molecular weight is 431 g/mol. The van der Waals surface area contributed by atoms with Gasteiger partial charge in [0.05, 0.1) is 5.56 Å². The normalized spacial score (nSPS) is 15.1. The van der Waals surface area contributed by atoms with Gasteiger partial charge in [-0.1, -0.05) is 60.7 Å². The van der Waals surface area contributed by atoms with Crippen LogP contribution in [0.4, 0.5) is 0 Å². The molecule has 146 valence electrons. The van der Waals surface area contributed by atoms with E-state index >= 15 is 0 Å². The second kappa shape index (κ2) is 9.59. The Morgan fingerprint density at radius 3 is 2.56 bits per heavy atom. The molecular weight excluding hydrogens is 400 g/mol. The fourth-order valence-electron chi connectivity index (χ4n) is 4.07. The number of nitrogens with one attached hydrogen (secondary N) is 1. The Morgan fingerprint density at radius 2 is 1.89 bits per heavy atom. The summed E-state index contributed by atoms with van der Waals surface area (Å²) < 4.78 is 3.46. The highest BCUT2D eigenvalue weighted by atomic mass is 79.9. The fourth-order valence-corrected chi connectivity index (χ4v) is 4.34. The first-order valence-electron chi connectivity index (χ1n) is 10.3. The van der Waals surface area contributed by atoms with E-state index in [1.54, 1.807) is 0 Å². The van der Waals surface area contributed by atoms with Gasteiger partial charge in [0.1, 0.15) is 0 Å². The lowest BCUT2D eigenvalue weighted by Gasteiger charge is -2.24. The van der Waals surface area contributed by atoms with E-state index in [-0.39, 0.29) is 5.91 Å². The smallest absolute Gasteiger partial charge is 0.253 e. The molecule has 0 aliphatic heterocycles. The highest BCUT2D eigenvalue weighted by molar-refractivity contribution is 9.10. The van der Waals surface area contributed by atoms with Crippen LogP contribution in [0, 0.1) is 12.8 Å². The zero-order chi connectivity index (χ0) is 19.2. The largest absolute Gasteiger partial charge is 0.352 e. The molecule has 3 nitrogen and oxygen atoms in total. The van der Waals surface area contributed by atoms with E-state index in [4.69, 9.17) is 0 Å². The first kappa shape index (κ1) is 20.2. The number of amides is 1. The molecule has 1 fully saturated rings. The number of halogens is 1. The maximum atomic E-state index is 12.8. The summed E-state index contributed by atoms with van der Waals surface area (Å²) in [5.41, 5.74) is 4.24. The molecule has 1 aromatic heterocycles. The standard InChI is InChI=1S/C23H31BrN2O/c1-3-4-14-25-23(27)21-15-22(19-10-12-20(24)13-11-19)26(17(21)2)16-18-8-6-5-7-9-18/h10-13,15,18H,3-9,14,16H2,1-2H3,(H,25,27). The summed E-state index contributed by atoms with van der Waals surface area (Å²) in [6.45, 7) is 6.00. The van der Waals surface area contributed by atoms with Gasteiger partial charge in [-0.05, 0) is 55.9 Å². The molecule has 0 saturated heterocycles. The Hall–Kier alpha value is -1.55. The SMILES string of the molecule is CCCCNC(=O)c1cc(-c2ccc(Br)cc2)n(CC2CCCCC2)c1C. The van der Waals surface area contributed by atoms with Crippen LogP contribution >= 0.6 is 15.9 Å². The number of hydrogen-bond acceptors (Lipinski definition) is 1. The van der Waals surface area contributed by atoms with Gasteiger partial charge in [0.15, 0.2) is 0 Å². The number of aromatic nitrogens is 1. The molecule has 0 bridgehead atoms. The van der Waals surface area contributed by atoms with Crippen LogP contribution in [-0.2, 0) is 6.54 Å². The molecule has 1 saturated carbocycles. The van der Waals surface area contributed by atoms with Gasteiger partial charge in [-0.2, -0.15) is 0 Å². The van der Waals surface area contributed by atoms with Gasteiger partial charge in [-0.25, -0.2) is 0 Å². The Bertz CT molecular complexity index is 757. The van der Waals surface area contributed by atoms with E-state index in [1.165, 1.54) is 37.7 Å². The highest BCUT2D eigenvalue weighted by Gasteiger charge is 2.21. The third kappa shape index (κ3) is 5.04. The van der Waals surface area contributed by atoms with Gasteiger partial charge in [-0.3, -0.25) is 4.79 Å². The molecular formula is C23H31BrN2O. The third-order valence-electron chi connectivity index (χ3n) is 5.73. The van der Waals surface area contributed by atoms with E-state index in [9.17, 15) is 4.79 Å². The van der Waals surface area contributed by atoms with Gasteiger partial charge >= 0.3 is 0 Å². The molecule has 0 spiro atoms. The monoisotopic (exact) mass is 430 g/mol. The van der Waals surface area contributed by atoms with E-state index < -0.39 is 0 Å². The van der Waals surface area contributed by atoms with Crippen LogP contribution in [0.5, 0.6) is 0 Å². The molecule has 1 amide bonds. The minimum atomic E-state index is 0.0571. The summed E-state index contributed by atoms with van der Waals surface area (Å²) in [6, 6.07) is 10.5. The van der Waals surface area contributed by atoms with Crippen molar-refractivity contribution in [2.24, 2.45) is 5.92 Å². The molecule has 1 N–H and O–H groups in total. The van der Waals surface area contributed by atoms with Crippen molar-refractivity contribution < 1.29 is 4.79 Å². The van der Waals surface area contributed by atoms with Crippen molar-refractivity contribution in [3.8, 4) is 11.3 Å². The number of benzene rings is 1. The molecule has 3 rings (SSSR count). The van der Waals surface area contributed by atoms with Crippen molar-refractivity contribution in [1.29, 1.82) is 0 Å². The summed E-state index contributed by atoms with van der Waals surface area (Å²) >= 11 is 3.52. The number of hydrogen-bond donors (Lipinski definition) is 1. The van der Waals surface area contributed by atoms with Crippen molar-refractivity contribution in [2.75, 3.05) is 6.54 Å². The second-order valence-electron chi connectivity index (χ2n) is 7.76. The molecule has 0 atom stereocenters. The molecule has 1 aromatic carbocycles. The number of carbonyl (C=O) groups is 1. The molecule has 0 radical (unpaired) electrons. The number of unbranched alkanes of at least 4 members (excludes halogenated alkanes) is 1. The van der Waals surface area contributed by atoms with Crippen molar-refractivity contribution >= 4 is 21.8 Å². The van der Waals surface area contributed by atoms with Crippen molar-refractivity contribution in [3.63, 3.8) is 0 Å². The lowest BCUT2D eigenvalue weighted by Crippen LogP contribution is -2.25. The summed E-state index contributed by atoms with van der Waals surface area (Å²) in [4.78, 5) is 12.8. The van der Waals surface area contributed by atoms with Gasteiger partial charge < -0.3 is 9.88 Å². The van der Waals surface area contributed by atoms with E-state index in [0.29, 0.717) is 0 Å². The van der Waals surface area contributed by atoms with Crippen molar-refractivity contribution in [1.82, 2.24) is 9.88 Å². The number of carbonyl (C=O) groups excluding carboxylic acids is 1. The lowest BCUT2D eigenvalue weighted by atomic mass is 9.89. The topological polar surface area (TPSA) is 34.0 Å². The number of rotatable bonds is 7. The molecule has 1 aliphatic rings. The fraction of sp³-hybridized carbons (Fsp3) is 0.522. The maximum Gasteiger partial charge on any atom is 0.253 e. The van der Waals surface area contributed by atoms with Crippen LogP contribution in [-0.4, -0.2) is 17.0 Å². The van der Waals surface area contributed by atoms with Crippen LogP contribution in [0.1, 0.15) is 67.9 Å². The zero-order valence-corrected chi connectivity index (χ0v) is 18.1. The van der Waals surface area contributed by atoms with Gasteiger partial charge in [0.2, 0.25) is 0 Å². The predicted octanol–water partition coefficient (Wildman–Crippen LogP) is 6.34. The maximum absolute atomic E-state index is 12.8. The first-order chi connectivity index (χ1) is 13.1. The van der Waals surface area contributed by atoms with E-state index in [2.05, 4.69) is 70.0 Å². The quantitative estimate of drug-likeness (QED) is 0.510. The van der Waals surface area contributed by atoms with E-state index in [1.807, 2.05) is 0 Å². The first-order valence-corrected chi connectivity index (χ1v) is 11.1. The molecule has 0 unspecified atom stereocenters. The highest BCUT2D eigenvalue weighted by Crippen LogP contribution is 2.31. The zero-order valence-electron chi connectivity index (χ0n) is 16.6. The van der Waals surface area contributed by atoms with Crippen molar-refractivity contribution in [2.45, 2.75) is 65.3 Å². The summed E-state index contributed by atoms with van der Waals surface area (Å²) in [6.07, 6.45) is 8.75. The molecule has 1 aliphatic carbocycles. The predicted molar refractivity (Wildman–Crippen MR) is 116 cm³/mol. The van der Waals surface area contributed by atoms with Crippen LogP contribution < -0.4 is 5.32 Å². The average Bonchev–Trinajstić information content (AvgIpc) is 3.00. The van der Waals surface area contributed by atoms with E-state index in [0.717, 1.165) is 53.3 Å². The molecule has 27 heavy (non-hydrogen) atoms. The number of nitrogens with zero attached hydrogens (tertiary/aromatic N) is 1. The Balaban J connectivity index is 1.92. The Morgan fingerprint density at radius 1 is 1.19 bits per heavy atom. The Kier molecular flexibility index (Phi) is 7.17. The van der Waals surface area contributed by atoms with Crippen LogP contribution in [0.15, 0.2) is 34.8 Å². The Labute approximate surface area is 171 Å². The minimum absolute atomic E-state index is 0.0571. The van der Waals surface area contributed by atoms with Crippen LogP contribution in [0.2, 0.25) is 0 Å². The van der Waals surface area contributed by atoms with Gasteiger partial charge in [0, 0.05) is 29.0 Å². The molecule has 4 heteroatoms. The minimum Gasteiger partial charge on any atom is -0.352 e. The summed E-state index contributed by atoms with van der Waals surface area (Å²) in [5.74, 6) is 0.775. The molecule has 1 heterocycles. The lowest BCUT2D eigenvalue weighted by molar-refractivity contribution is 0.0952. The summed E-state index contributed by atoms with van der Waals surface area (Å²) in [5, 5.41) is 3.09. The van der Waals surface area contributed by atoms with Crippen LogP contribution in [0.25, 0.3) is 11.3 Å². The molecule has 2 aromatic rings. The van der Waals surface area contributed by atoms with Crippen molar-refractivity contribution in [3.05, 3.63) is 46.1 Å². The van der Waals surface area contributed by atoms with Crippen LogP contribution in [0.3, 0.4) is 0 Å². The summed E-state index contributed by atoms with van der Waals surface area (Å²) in [7, 11) is 0.